The van der Waals surface area contributed by atoms with Crippen LogP contribution < -0.4 is 10.1 Å². The molecule has 3 aromatic rings. The fourth-order valence-corrected chi connectivity index (χ4v) is 2.62. The van der Waals surface area contributed by atoms with Crippen molar-refractivity contribution in [2.75, 3.05) is 11.9 Å². The fraction of sp³-hybridized carbons (Fsp3) is 0.111. The summed E-state index contributed by atoms with van der Waals surface area (Å²) in [7, 11) is 0. The summed E-state index contributed by atoms with van der Waals surface area (Å²) in [4.78, 5) is 12.2. The lowest BCUT2D eigenvalue weighted by molar-refractivity contribution is -0.118. The molecule has 0 bridgehead atoms. The van der Waals surface area contributed by atoms with Gasteiger partial charge in [-0.15, -0.1) is 0 Å². The first-order chi connectivity index (χ1) is 11.6. The third kappa shape index (κ3) is 4.02. The molecule has 3 rings (SSSR count). The number of aryl methyl sites for hydroxylation is 1. The second kappa shape index (κ2) is 7.31. The predicted molar refractivity (Wildman–Crippen MR) is 96.6 cm³/mol. The molecule has 0 fully saturated rings. The molecule has 1 heterocycles. The highest BCUT2D eigenvalue weighted by Gasteiger charge is 2.11. The molecule has 1 N–H and O–H groups in total. The van der Waals surface area contributed by atoms with Crippen LogP contribution >= 0.6 is 15.9 Å². The van der Waals surface area contributed by atoms with Gasteiger partial charge in [0.25, 0.3) is 5.91 Å². The number of aromatic nitrogens is 2. The summed E-state index contributed by atoms with van der Waals surface area (Å²) >= 11 is 3.44. The summed E-state index contributed by atoms with van der Waals surface area (Å²) < 4.78 is 8.10. The van der Waals surface area contributed by atoms with Gasteiger partial charge in [-0.05, 0) is 37.3 Å². The van der Waals surface area contributed by atoms with Crippen LogP contribution in [0.1, 0.15) is 5.69 Å². The Morgan fingerprint density at radius 1 is 1.17 bits per heavy atom. The van der Waals surface area contributed by atoms with Gasteiger partial charge in [-0.3, -0.25) is 4.79 Å². The van der Waals surface area contributed by atoms with E-state index in [0.29, 0.717) is 11.6 Å². The van der Waals surface area contributed by atoms with E-state index in [9.17, 15) is 4.79 Å². The smallest absolute Gasteiger partial charge is 0.263 e. The number of rotatable bonds is 5. The number of nitrogens with zero attached hydrogens (tertiary/aromatic N) is 2. The van der Waals surface area contributed by atoms with Crippen molar-refractivity contribution in [1.82, 2.24) is 9.78 Å². The number of para-hydroxylation sites is 1. The number of benzene rings is 2. The van der Waals surface area contributed by atoms with Gasteiger partial charge in [-0.25, -0.2) is 4.68 Å². The number of amides is 1. The average Bonchev–Trinajstić information content (AvgIpc) is 2.94. The molecule has 0 aliphatic heterocycles. The van der Waals surface area contributed by atoms with Gasteiger partial charge in [0, 0.05) is 10.5 Å². The molecular formula is C18H16BrN3O2. The molecule has 0 saturated carbocycles. The van der Waals surface area contributed by atoms with Crippen molar-refractivity contribution in [3.63, 3.8) is 0 Å². The normalized spacial score (nSPS) is 10.4. The number of anilines is 1. The van der Waals surface area contributed by atoms with Crippen LogP contribution in [0.2, 0.25) is 0 Å². The minimum Gasteiger partial charge on any atom is -0.484 e. The maximum Gasteiger partial charge on any atom is 0.263 e. The SMILES string of the molecule is Cc1cc(NC(=O)COc2ccccc2)n(-c2cccc(Br)c2)n1. The minimum atomic E-state index is -0.241. The van der Waals surface area contributed by atoms with Crippen LogP contribution in [0.25, 0.3) is 5.69 Å². The van der Waals surface area contributed by atoms with Gasteiger partial charge in [-0.2, -0.15) is 5.10 Å². The first-order valence-corrected chi connectivity index (χ1v) is 8.21. The molecule has 1 aromatic heterocycles. The van der Waals surface area contributed by atoms with E-state index in [1.807, 2.05) is 67.6 Å². The Kier molecular flexibility index (Phi) is 4.96. The molecule has 0 aliphatic rings. The van der Waals surface area contributed by atoms with Crippen LogP contribution in [0.15, 0.2) is 65.1 Å². The molecular weight excluding hydrogens is 370 g/mol. The van der Waals surface area contributed by atoms with Gasteiger partial charge >= 0.3 is 0 Å². The van der Waals surface area contributed by atoms with Crippen molar-refractivity contribution in [2.45, 2.75) is 6.92 Å². The second-order valence-electron chi connectivity index (χ2n) is 5.21. The van der Waals surface area contributed by atoms with E-state index in [4.69, 9.17) is 4.74 Å². The van der Waals surface area contributed by atoms with Gasteiger partial charge < -0.3 is 10.1 Å². The minimum absolute atomic E-state index is 0.0628. The Labute approximate surface area is 148 Å². The van der Waals surface area contributed by atoms with Crippen LogP contribution in [-0.2, 0) is 4.79 Å². The van der Waals surface area contributed by atoms with Crippen LogP contribution in [0, 0.1) is 6.92 Å². The Bertz CT molecular complexity index is 846. The first kappa shape index (κ1) is 16.3. The summed E-state index contributed by atoms with van der Waals surface area (Å²) in [6.45, 7) is 1.82. The topological polar surface area (TPSA) is 56.1 Å². The number of hydrogen-bond acceptors (Lipinski definition) is 3. The molecule has 6 heteroatoms. The number of halogens is 1. The first-order valence-electron chi connectivity index (χ1n) is 7.42. The van der Waals surface area contributed by atoms with Crippen molar-refractivity contribution < 1.29 is 9.53 Å². The van der Waals surface area contributed by atoms with E-state index in [2.05, 4.69) is 26.3 Å². The number of nitrogens with one attached hydrogen (secondary N) is 1. The molecule has 24 heavy (non-hydrogen) atoms. The van der Waals surface area contributed by atoms with Gasteiger partial charge in [0.2, 0.25) is 0 Å². The molecule has 0 radical (unpaired) electrons. The van der Waals surface area contributed by atoms with Gasteiger partial charge in [0.1, 0.15) is 11.6 Å². The largest absolute Gasteiger partial charge is 0.484 e. The molecule has 0 unspecified atom stereocenters. The molecule has 0 spiro atoms. The van der Waals surface area contributed by atoms with Gasteiger partial charge in [0.05, 0.1) is 11.4 Å². The van der Waals surface area contributed by atoms with E-state index in [0.717, 1.165) is 15.9 Å². The zero-order chi connectivity index (χ0) is 16.9. The van der Waals surface area contributed by atoms with Gasteiger partial charge in [-0.1, -0.05) is 40.2 Å². The highest BCUT2D eigenvalue weighted by Crippen LogP contribution is 2.20. The second-order valence-corrected chi connectivity index (χ2v) is 6.13. The zero-order valence-electron chi connectivity index (χ0n) is 13.1. The van der Waals surface area contributed by atoms with E-state index < -0.39 is 0 Å². The van der Waals surface area contributed by atoms with Crippen LogP contribution in [0.4, 0.5) is 5.82 Å². The lowest BCUT2D eigenvalue weighted by Crippen LogP contribution is -2.21. The third-order valence-electron chi connectivity index (χ3n) is 3.26. The molecule has 1 amide bonds. The zero-order valence-corrected chi connectivity index (χ0v) is 14.7. The van der Waals surface area contributed by atoms with E-state index >= 15 is 0 Å². The highest BCUT2D eigenvalue weighted by molar-refractivity contribution is 9.10. The van der Waals surface area contributed by atoms with Gasteiger partial charge in [0.15, 0.2) is 6.61 Å². The summed E-state index contributed by atoms with van der Waals surface area (Å²) in [5.41, 5.74) is 1.67. The van der Waals surface area contributed by atoms with Crippen molar-refractivity contribution in [1.29, 1.82) is 0 Å². The monoisotopic (exact) mass is 385 g/mol. The highest BCUT2D eigenvalue weighted by atomic mass is 79.9. The van der Waals surface area contributed by atoms with E-state index in [1.54, 1.807) is 4.68 Å². The summed E-state index contributed by atoms with van der Waals surface area (Å²) in [6, 6.07) is 18.8. The van der Waals surface area contributed by atoms with Crippen molar-refractivity contribution in [3.05, 3.63) is 70.8 Å². The number of ether oxygens (including phenoxy) is 1. The Hall–Kier alpha value is -2.60. The molecule has 0 aliphatic carbocycles. The summed E-state index contributed by atoms with van der Waals surface area (Å²) in [6.07, 6.45) is 0. The number of carbonyl (C=O) groups is 1. The van der Waals surface area contributed by atoms with E-state index in [-0.39, 0.29) is 12.5 Å². The predicted octanol–water partition coefficient (Wildman–Crippen LogP) is 3.96. The Balaban J connectivity index is 1.72. The standard InChI is InChI=1S/C18H16BrN3O2/c1-13-10-17(22(21-13)15-7-5-6-14(19)11-15)20-18(23)12-24-16-8-3-2-4-9-16/h2-11H,12H2,1H3,(H,20,23). The van der Waals surface area contributed by atoms with Crippen molar-refractivity contribution in [3.8, 4) is 11.4 Å². The maximum atomic E-state index is 12.2. The summed E-state index contributed by atoms with van der Waals surface area (Å²) in [5.74, 6) is 1.02. The average molecular weight is 386 g/mol. The molecule has 5 nitrogen and oxygen atoms in total. The summed E-state index contributed by atoms with van der Waals surface area (Å²) in [5, 5.41) is 7.27. The molecule has 122 valence electrons. The molecule has 0 saturated heterocycles. The Morgan fingerprint density at radius 2 is 1.96 bits per heavy atom. The maximum absolute atomic E-state index is 12.2. The van der Waals surface area contributed by atoms with Crippen LogP contribution in [-0.4, -0.2) is 22.3 Å². The third-order valence-corrected chi connectivity index (χ3v) is 3.76. The lowest BCUT2D eigenvalue weighted by atomic mass is 10.3. The number of hydrogen-bond donors (Lipinski definition) is 1. The van der Waals surface area contributed by atoms with Crippen molar-refractivity contribution >= 4 is 27.7 Å². The molecule has 2 aromatic carbocycles. The Morgan fingerprint density at radius 3 is 2.71 bits per heavy atom. The molecule has 0 atom stereocenters. The van der Waals surface area contributed by atoms with E-state index in [1.165, 1.54) is 0 Å². The fourth-order valence-electron chi connectivity index (χ4n) is 2.24. The van der Waals surface area contributed by atoms with Crippen molar-refractivity contribution in [2.24, 2.45) is 0 Å². The quantitative estimate of drug-likeness (QED) is 0.722. The van der Waals surface area contributed by atoms with Crippen LogP contribution in [0.3, 0.4) is 0 Å². The number of carbonyl (C=O) groups excluding carboxylic acids is 1. The lowest BCUT2D eigenvalue weighted by Gasteiger charge is -2.10. The van der Waals surface area contributed by atoms with Crippen LogP contribution in [0.5, 0.6) is 5.75 Å².